The van der Waals surface area contributed by atoms with Gasteiger partial charge in [0, 0.05) is 10.0 Å². The van der Waals surface area contributed by atoms with E-state index in [9.17, 15) is 0 Å². The topological polar surface area (TPSA) is 51.0 Å². The first kappa shape index (κ1) is 16.4. The molecule has 2 aromatic carbocycles. The maximum Gasteiger partial charge on any atom is 0.128 e. The van der Waals surface area contributed by atoms with Crippen molar-refractivity contribution in [3.63, 3.8) is 0 Å². The van der Waals surface area contributed by atoms with Crippen LogP contribution in [0.25, 0.3) is 0 Å². The van der Waals surface area contributed by atoms with E-state index in [4.69, 9.17) is 14.7 Å². The van der Waals surface area contributed by atoms with E-state index in [0.29, 0.717) is 24.5 Å². The predicted octanol–water partition coefficient (Wildman–Crippen LogP) is 4.33. The molecule has 0 fully saturated rings. The maximum absolute atomic E-state index is 8.68. The highest BCUT2D eigenvalue weighted by Gasteiger charge is 2.04. The van der Waals surface area contributed by atoms with Crippen molar-refractivity contribution < 1.29 is 14.7 Å². The fraction of sp³-hybridized carbons (Fsp3) is 0.235. The van der Waals surface area contributed by atoms with Crippen molar-refractivity contribution in [2.24, 2.45) is 5.16 Å². The van der Waals surface area contributed by atoms with Gasteiger partial charge in [-0.2, -0.15) is 0 Å². The molecule has 0 atom stereocenters. The van der Waals surface area contributed by atoms with Crippen molar-refractivity contribution in [2.45, 2.75) is 13.8 Å². The summed E-state index contributed by atoms with van der Waals surface area (Å²) in [5.41, 5.74) is 3.02. The molecule has 0 unspecified atom stereocenters. The van der Waals surface area contributed by atoms with Crippen LogP contribution in [0.2, 0.25) is 0 Å². The van der Waals surface area contributed by atoms with Crippen molar-refractivity contribution in [2.75, 3.05) is 13.2 Å². The first-order valence-electron chi connectivity index (χ1n) is 6.90. The number of nitrogens with zero attached hydrogens (tertiary/aromatic N) is 1. The standard InChI is InChI=1S/C17H18BrNO3/c1-12-3-5-16(13(2)9-12)21-7-8-22-17-6-4-15(18)10-14(17)11-19-20/h3-6,9-11,20H,7-8H2,1-2H3. The normalized spacial score (nSPS) is 10.9. The Kier molecular flexibility index (Phi) is 5.83. The van der Waals surface area contributed by atoms with E-state index in [0.717, 1.165) is 15.8 Å². The minimum Gasteiger partial charge on any atom is -0.490 e. The fourth-order valence-corrected chi connectivity index (χ4v) is 2.46. The van der Waals surface area contributed by atoms with Crippen LogP contribution in [-0.2, 0) is 0 Å². The molecule has 0 saturated heterocycles. The van der Waals surface area contributed by atoms with Gasteiger partial charge >= 0.3 is 0 Å². The molecular formula is C17H18BrNO3. The predicted molar refractivity (Wildman–Crippen MR) is 90.4 cm³/mol. The molecule has 0 heterocycles. The quantitative estimate of drug-likeness (QED) is 0.359. The number of ether oxygens (including phenoxy) is 2. The van der Waals surface area contributed by atoms with Gasteiger partial charge in [0.25, 0.3) is 0 Å². The number of benzene rings is 2. The Labute approximate surface area is 138 Å². The number of hydrogen-bond acceptors (Lipinski definition) is 4. The highest BCUT2D eigenvalue weighted by atomic mass is 79.9. The Morgan fingerprint density at radius 1 is 1.05 bits per heavy atom. The Morgan fingerprint density at radius 2 is 1.73 bits per heavy atom. The van der Waals surface area contributed by atoms with Crippen LogP contribution in [0, 0.1) is 13.8 Å². The van der Waals surface area contributed by atoms with E-state index in [-0.39, 0.29) is 0 Å². The smallest absolute Gasteiger partial charge is 0.128 e. The summed E-state index contributed by atoms with van der Waals surface area (Å²) in [4.78, 5) is 0. The van der Waals surface area contributed by atoms with Gasteiger partial charge in [-0.3, -0.25) is 0 Å². The SMILES string of the molecule is Cc1ccc(OCCOc2ccc(Br)cc2C=NO)c(C)c1. The van der Waals surface area contributed by atoms with Crippen molar-refractivity contribution in [3.8, 4) is 11.5 Å². The summed E-state index contributed by atoms with van der Waals surface area (Å²) >= 11 is 3.37. The zero-order valence-electron chi connectivity index (χ0n) is 12.5. The molecular weight excluding hydrogens is 346 g/mol. The molecule has 5 heteroatoms. The van der Waals surface area contributed by atoms with E-state index in [1.165, 1.54) is 11.8 Å². The van der Waals surface area contributed by atoms with Crippen LogP contribution in [0.1, 0.15) is 16.7 Å². The first-order valence-corrected chi connectivity index (χ1v) is 7.69. The number of hydrogen-bond donors (Lipinski definition) is 1. The Morgan fingerprint density at radius 3 is 2.41 bits per heavy atom. The zero-order chi connectivity index (χ0) is 15.9. The summed E-state index contributed by atoms with van der Waals surface area (Å²) < 4.78 is 12.3. The lowest BCUT2D eigenvalue weighted by molar-refractivity contribution is 0.216. The Hall–Kier alpha value is -2.01. The average Bonchev–Trinajstić information content (AvgIpc) is 2.47. The van der Waals surface area contributed by atoms with E-state index < -0.39 is 0 Å². The molecule has 0 amide bonds. The summed E-state index contributed by atoms with van der Waals surface area (Å²) in [6, 6.07) is 11.6. The van der Waals surface area contributed by atoms with E-state index in [1.807, 2.05) is 37.3 Å². The molecule has 0 aromatic heterocycles. The van der Waals surface area contributed by atoms with Crippen LogP contribution >= 0.6 is 15.9 Å². The largest absolute Gasteiger partial charge is 0.490 e. The molecule has 0 aliphatic heterocycles. The van der Waals surface area contributed by atoms with Gasteiger partial charge in [0.1, 0.15) is 24.7 Å². The van der Waals surface area contributed by atoms with E-state index in [2.05, 4.69) is 34.1 Å². The number of aryl methyl sites for hydroxylation is 2. The fourth-order valence-electron chi connectivity index (χ4n) is 2.08. The zero-order valence-corrected chi connectivity index (χ0v) is 14.1. The minimum atomic E-state index is 0.404. The van der Waals surface area contributed by atoms with Crippen molar-refractivity contribution >= 4 is 22.1 Å². The second-order valence-corrected chi connectivity index (χ2v) is 5.81. The van der Waals surface area contributed by atoms with E-state index >= 15 is 0 Å². The van der Waals surface area contributed by atoms with Crippen LogP contribution in [-0.4, -0.2) is 24.6 Å². The Bertz CT molecular complexity index is 671. The van der Waals surface area contributed by atoms with Gasteiger partial charge < -0.3 is 14.7 Å². The van der Waals surface area contributed by atoms with Crippen molar-refractivity contribution in [1.29, 1.82) is 0 Å². The van der Waals surface area contributed by atoms with Crippen LogP contribution in [0.3, 0.4) is 0 Å². The van der Waals surface area contributed by atoms with Crippen molar-refractivity contribution in [1.82, 2.24) is 0 Å². The lowest BCUT2D eigenvalue weighted by atomic mass is 10.1. The molecule has 1 N–H and O–H groups in total. The second-order valence-electron chi connectivity index (χ2n) is 4.89. The third-order valence-electron chi connectivity index (χ3n) is 3.10. The minimum absolute atomic E-state index is 0.404. The van der Waals surface area contributed by atoms with Crippen LogP contribution in [0.4, 0.5) is 0 Å². The number of oxime groups is 1. The Balaban J connectivity index is 1.91. The summed E-state index contributed by atoms with van der Waals surface area (Å²) in [7, 11) is 0. The molecule has 0 saturated carbocycles. The lowest BCUT2D eigenvalue weighted by Gasteiger charge is -2.12. The molecule has 0 aliphatic carbocycles. The molecule has 0 bridgehead atoms. The summed E-state index contributed by atoms with van der Waals surface area (Å²) in [6.07, 6.45) is 1.34. The highest BCUT2D eigenvalue weighted by molar-refractivity contribution is 9.10. The third-order valence-corrected chi connectivity index (χ3v) is 3.59. The van der Waals surface area contributed by atoms with Gasteiger partial charge in [0.05, 0.1) is 6.21 Å². The summed E-state index contributed by atoms with van der Waals surface area (Å²) in [5.74, 6) is 1.51. The van der Waals surface area contributed by atoms with Gasteiger partial charge in [-0.1, -0.05) is 38.8 Å². The molecule has 0 aliphatic rings. The van der Waals surface area contributed by atoms with Gasteiger partial charge in [0.2, 0.25) is 0 Å². The molecule has 4 nitrogen and oxygen atoms in total. The highest BCUT2D eigenvalue weighted by Crippen LogP contribution is 2.22. The van der Waals surface area contributed by atoms with Gasteiger partial charge in [-0.25, -0.2) is 0 Å². The monoisotopic (exact) mass is 363 g/mol. The number of rotatable bonds is 6. The van der Waals surface area contributed by atoms with Crippen LogP contribution in [0.15, 0.2) is 46.0 Å². The van der Waals surface area contributed by atoms with Crippen LogP contribution in [0.5, 0.6) is 11.5 Å². The van der Waals surface area contributed by atoms with Crippen LogP contribution < -0.4 is 9.47 Å². The summed E-state index contributed by atoms with van der Waals surface area (Å²) in [6.45, 7) is 4.92. The van der Waals surface area contributed by atoms with Crippen molar-refractivity contribution in [3.05, 3.63) is 57.6 Å². The molecule has 116 valence electrons. The summed E-state index contributed by atoms with van der Waals surface area (Å²) in [5, 5.41) is 11.7. The number of halogens is 1. The van der Waals surface area contributed by atoms with Gasteiger partial charge in [-0.05, 0) is 43.7 Å². The molecule has 0 spiro atoms. The lowest BCUT2D eigenvalue weighted by Crippen LogP contribution is -2.10. The van der Waals surface area contributed by atoms with E-state index in [1.54, 1.807) is 0 Å². The van der Waals surface area contributed by atoms with Gasteiger partial charge in [-0.15, -0.1) is 0 Å². The average molecular weight is 364 g/mol. The molecule has 0 radical (unpaired) electrons. The second kappa shape index (κ2) is 7.84. The maximum atomic E-state index is 8.68. The third kappa shape index (κ3) is 4.49. The molecule has 2 aromatic rings. The van der Waals surface area contributed by atoms with Gasteiger partial charge in [0.15, 0.2) is 0 Å². The molecule has 22 heavy (non-hydrogen) atoms. The molecule has 2 rings (SSSR count). The first-order chi connectivity index (χ1) is 10.6.